The van der Waals surface area contributed by atoms with Crippen LogP contribution >= 0.6 is 0 Å². The molecule has 0 bridgehead atoms. The van der Waals surface area contributed by atoms with Crippen molar-refractivity contribution in [3.05, 3.63) is 125 Å². The molecule has 0 N–H and O–H groups in total. The normalized spacial score (nSPS) is 18.9. The van der Waals surface area contributed by atoms with Crippen molar-refractivity contribution in [3.8, 4) is 17.2 Å². The Morgan fingerprint density at radius 3 is 1.75 bits per heavy atom. The van der Waals surface area contributed by atoms with Crippen molar-refractivity contribution in [2.24, 2.45) is 0 Å². The molecule has 1 aliphatic carbocycles. The van der Waals surface area contributed by atoms with Gasteiger partial charge in [-0.15, -0.1) is 0 Å². The van der Waals surface area contributed by atoms with E-state index in [0.29, 0.717) is 39.1 Å². The van der Waals surface area contributed by atoms with Crippen LogP contribution in [-0.2, 0) is 45.2 Å². The quantitative estimate of drug-likeness (QED) is 0.0942. The average molecular weight is 655 g/mol. The minimum atomic E-state index is -0.700. The minimum Gasteiger partial charge on any atom is -0.497 e. The van der Waals surface area contributed by atoms with E-state index in [1.54, 1.807) is 33.9 Å². The van der Waals surface area contributed by atoms with Gasteiger partial charge in [-0.2, -0.15) is 0 Å². The third-order valence-electron chi connectivity index (χ3n) is 8.74. The molecule has 0 aliphatic heterocycles. The number of ketones is 1. The highest BCUT2D eigenvalue weighted by atomic mass is 16.5. The fourth-order valence-electron chi connectivity index (χ4n) is 5.97. The van der Waals surface area contributed by atoms with Gasteiger partial charge in [0.05, 0.1) is 66.4 Å². The minimum absolute atomic E-state index is 0.0445. The van der Waals surface area contributed by atoms with Gasteiger partial charge in [0.15, 0.2) is 5.78 Å². The molecular formula is C40H46O8. The highest BCUT2D eigenvalue weighted by Gasteiger charge is 2.36. The van der Waals surface area contributed by atoms with Crippen LogP contribution in [0.25, 0.3) is 0 Å². The van der Waals surface area contributed by atoms with E-state index < -0.39 is 12.2 Å². The zero-order chi connectivity index (χ0) is 33.7. The SMILES string of the molecule is CCC[C@@H]1C(=O)[C@H](OCc2ccc(OC)cc2)C[C@@H](OCc2ccc(OC)cc2)/C(=C\COCc2ccc(OC)cc2)Cc2cocc21. The number of hydrogen-bond donors (Lipinski definition) is 0. The smallest absolute Gasteiger partial charge is 0.169 e. The Hall–Kier alpha value is -4.37. The molecule has 4 aromatic rings. The Bertz CT molecular complexity index is 1590. The topological polar surface area (TPSA) is 85.6 Å². The third-order valence-corrected chi connectivity index (χ3v) is 8.74. The van der Waals surface area contributed by atoms with Gasteiger partial charge in [0.25, 0.3) is 0 Å². The lowest BCUT2D eigenvalue weighted by Crippen LogP contribution is -2.34. The molecule has 0 saturated heterocycles. The Kier molecular flexibility index (Phi) is 12.9. The molecule has 1 aromatic heterocycles. The molecule has 3 atom stereocenters. The van der Waals surface area contributed by atoms with E-state index >= 15 is 0 Å². The molecule has 8 nitrogen and oxygen atoms in total. The highest BCUT2D eigenvalue weighted by Crippen LogP contribution is 2.35. The van der Waals surface area contributed by atoms with E-state index in [9.17, 15) is 4.79 Å². The van der Waals surface area contributed by atoms with Crippen LogP contribution in [0.2, 0.25) is 0 Å². The number of ether oxygens (including phenoxy) is 6. The van der Waals surface area contributed by atoms with E-state index in [-0.39, 0.29) is 18.3 Å². The number of hydrogen-bond acceptors (Lipinski definition) is 8. The summed E-state index contributed by atoms with van der Waals surface area (Å²) < 4.78 is 41.0. The maximum absolute atomic E-state index is 14.4. The molecule has 0 fully saturated rings. The maximum atomic E-state index is 14.4. The first-order chi connectivity index (χ1) is 23.5. The predicted molar refractivity (Wildman–Crippen MR) is 184 cm³/mol. The lowest BCUT2D eigenvalue weighted by Gasteiger charge is -2.26. The van der Waals surface area contributed by atoms with E-state index in [1.165, 1.54) is 0 Å². The third kappa shape index (κ3) is 9.37. The number of carbonyl (C=O) groups is 1. The van der Waals surface area contributed by atoms with Crippen LogP contribution in [0.1, 0.15) is 59.9 Å². The lowest BCUT2D eigenvalue weighted by molar-refractivity contribution is -0.135. The summed E-state index contributed by atoms with van der Waals surface area (Å²) in [6.07, 6.45) is 6.96. The van der Waals surface area contributed by atoms with E-state index in [4.69, 9.17) is 32.8 Å². The number of Topliss-reactive ketones (excluding diaryl/α,β-unsaturated/α-hetero) is 1. The molecule has 254 valence electrons. The van der Waals surface area contributed by atoms with Crippen LogP contribution < -0.4 is 14.2 Å². The van der Waals surface area contributed by atoms with Crippen molar-refractivity contribution in [3.63, 3.8) is 0 Å². The summed E-state index contributed by atoms with van der Waals surface area (Å²) in [5.74, 6) is 2.06. The maximum Gasteiger partial charge on any atom is 0.169 e. The summed E-state index contributed by atoms with van der Waals surface area (Å²) in [7, 11) is 4.94. The van der Waals surface area contributed by atoms with Gasteiger partial charge in [-0.3, -0.25) is 4.79 Å². The van der Waals surface area contributed by atoms with Gasteiger partial charge in [-0.25, -0.2) is 0 Å². The Morgan fingerprint density at radius 2 is 1.23 bits per heavy atom. The highest BCUT2D eigenvalue weighted by molar-refractivity contribution is 5.90. The Morgan fingerprint density at radius 1 is 0.708 bits per heavy atom. The molecule has 8 heteroatoms. The first-order valence-corrected chi connectivity index (χ1v) is 16.5. The van der Waals surface area contributed by atoms with Gasteiger partial charge < -0.3 is 32.8 Å². The van der Waals surface area contributed by atoms with Crippen molar-refractivity contribution in [2.45, 2.75) is 70.6 Å². The Labute approximate surface area is 283 Å². The lowest BCUT2D eigenvalue weighted by atomic mass is 9.87. The molecule has 3 aromatic carbocycles. The zero-order valence-electron chi connectivity index (χ0n) is 28.3. The largest absolute Gasteiger partial charge is 0.497 e. The van der Waals surface area contributed by atoms with Crippen molar-refractivity contribution < 1.29 is 37.6 Å². The van der Waals surface area contributed by atoms with Gasteiger partial charge in [0.2, 0.25) is 0 Å². The van der Waals surface area contributed by atoms with Gasteiger partial charge in [0.1, 0.15) is 23.4 Å². The van der Waals surface area contributed by atoms with Crippen LogP contribution in [0.3, 0.4) is 0 Å². The number of rotatable bonds is 15. The van der Waals surface area contributed by atoms with E-state index in [0.717, 1.165) is 57.1 Å². The van der Waals surface area contributed by atoms with Crippen LogP contribution in [0.5, 0.6) is 17.2 Å². The summed E-state index contributed by atoms with van der Waals surface area (Å²) in [4.78, 5) is 14.4. The number of methoxy groups -OCH3 is 3. The fourth-order valence-corrected chi connectivity index (χ4v) is 5.97. The van der Waals surface area contributed by atoms with Gasteiger partial charge in [-0.05, 0) is 77.1 Å². The van der Waals surface area contributed by atoms with Crippen molar-refractivity contribution >= 4 is 5.78 Å². The molecule has 1 heterocycles. The molecule has 0 spiro atoms. The molecule has 0 saturated carbocycles. The van der Waals surface area contributed by atoms with Gasteiger partial charge in [0, 0.05) is 17.9 Å². The molecule has 48 heavy (non-hydrogen) atoms. The zero-order valence-corrected chi connectivity index (χ0v) is 28.3. The van der Waals surface area contributed by atoms with Gasteiger partial charge >= 0.3 is 0 Å². The van der Waals surface area contributed by atoms with Crippen molar-refractivity contribution in [1.29, 1.82) is 0 Å². The second-order valence-corrected chi connectivity index (χ2v) is 11.9. The van der Waals surface area contributed by atoms with Crippen molar-refractivity contribution in [2.75, 3.05) is 27.9 Å². The summed E-state index contributed by atoms with van der Waals surface area (Å²) in [5, 5.41) is 0. The fraction of sp³-hybridized carbons (Fsp3) is 0.375. The standard InChI is InChI=1S/C40H46O8/c1-5-6-36-37-27-46-26-32(37)21-31(19-20-45-23-28-7-13-33(42-2)14-8-28)38(47-24-29-9-15-34(43-3)16-10-29)22-39(40(36)41)48-25-30-11-17-35(44-4)18-12-30/h7-19,26-27,36,38-39H,5-6,20-25H2,1-4H3/b31-19-/t36-,38+,39+/m0/s1. The summed E-state index contributed by atoms with van der Waals surface area (Å²) in [6, 6.07) is 23.4. The average Bonchev–Trinajstić information content (AvgIpc) is 3.60. The second-order valence-electron chi connectivity index (χ2n) is 11.9. The molecule has 0 radical (unpaired) electrons. The number of carbonyl (C=O) groups excluding carboxylic acids is 1. The molecule has 0 amide bonds. The van der Waals surface area contributed by atoms with Crippen LogP contribution in [-0.4, -0.2) is 45.9 Å². The van der Waals surface area contributed by atoms with Crippen molar-refractivity contribution in [1.82, 2.24) is 0 Å². The van der Waals surface area contributed by atoms with Gasteiger partial charge in [-0.1, -0.05) is 55.8 Å². The summed E-state index contributed by atoms with van der Waals surface area (Å²) in [5.41, 5.74) is 5.92. The number of benzene rings is 3. The van der Waals surface area contributed by atoms with Crippen LogP contribution in [0, 0.1) is 0 Å². The first-order valence-electron chi connectivity index (χ1n) is 16.5. The Balaban J connectivity index is 1.43. The molecule has 0 unspecified atom stereocenters. The summed E-state index contributed by atoms with van der Waals surface area (Å²) >= 11 is 0. The summed E-state index contributed by atoms with van der Waals surface area (Å²) in [6.45, 7) is 3.56. The first kappa shape index (κ1) is 35.0. The molecule has 5 rings (SSSR count). The number of furan rings is 1. The monoisotopic (exact) mass is 654 g/mol. The predicted octanol–water partition coefficient (Wildman–Crippen LogP) is 8.02. The molecule has 1 aliphatic rings. The number of fused-ring (bicyclic) bond motifs is 1. The van der Waals surface area contributed by atoms with Crippen LogP contribution in [0.15, 0.2) is 101 Å². The van der Waals surface area contributed by atoms with Crippen LogP contribution in [0.4, 0.5) is 0 Å². The molecular weight excluding hydrogens is 608 g/mol. The van der Waals surface area contributed by atoms with E-state index in [1.807, 2.05) is 72.8 Å². The van der Waals surface area contributed by atoms with E-state index in [2.05, 4.69) is 13.0 Å². The second kappa shape index (κ2) is 17.7.